The van der Waals surface area contributed by atoms with E-state index in [0.29, 0.717) is 13.0 Å². The van der Waals surface area contributed by atoms with Crippen molar-refractivity contribution in [3.8, 4) is 5.75 Å². The van der Waals surface area contributed by atoms with Gasteiger partial charge in [-0.05, 0) is 38.1 Å². The van der Waals surface area contributed by atoms with Crippen LogP contribution in [0.2, 0.25) is 0 Å². The van der Waals surface area contributed by atoms with Crippen LogP contribution in [-0.2, 0) is 4.79 Å². The van der Waals surface area contributed by atoms with Crippen molar-refractivity contribution < 1.29 is 9.53 Å². The molecular weight excluding hydrogens is 228 g/mol. The molecule has 0 heterocycles. The summed E-state index contributed by atoms with van der Waals surface area (Å²) in [5, 5.41) is 2.88. The Labute approximate surface area is 109 Å². The Morgan fingerprint density at radius 3 is 2.39 bits per heavy atom. The molecule has 0 bridgehead atoms. The highest BCUT2D eigenvalue weighted by Gasteiger charge is 2.15. The van der Waals surface area contributed by atoms with Gasteiger partial charge in [-0.3, -0.25) is 4.79 Å². The van der Waals surface area contributed by atoms with Crippen LogP contribution in [0, 0.1) is 0 Å². The molecule has 1 aromatic rings. The van der Waals surface area contributed by atoms with Crippen LogP contribution in [0.4, 0.5) is 0 Å². The van der Waals surface area contributed by atoms with Gasteiger partial charge in [0.2, 0.25) is 5.91 Å². The number of nitrogens with one attached hydrogen (secondary N) is 1. The number of carbonyl (C=O) groups excluding carboxylic acids is 1. The first-order chi connectivity index (χ1) is 8.56. The molecule has 0 saturated carbocycles. The molecule has 1 unspecified atom stereocenters. The first-order valence-electron chi connectivity index (χ1n) is 6.20. The van der Waals surface area contributed by atoms with Crippen molar-refractivity contribution in [1.82, 2.24) is 5.32 Å². The molecule has 0 radical (unpaired) electrons. The van der Waals surface area contributed by atoms with Crippen molar-refractivity contribution in [1.29, 1.82) is 0 Å². The van der Waals surface area contributed by atoms with Crippen LogP contribution in [0.1, 0.15) is 31.7 Å². The van der Waals surface area contributed by atoms with E-state index in [9.17, 15) is 4.79 Å². The Kier molecular flexibility index (Phi) is 5.65. The van der Waals surface area contributed by atoms with Gasteiger partial charge in [0.15, 0.2) is 0 Å². The minimum absolute atomic E-state index is 0.0382. The molecule has 1 aromatic carbocycles. The number of methoxy groups -OCH3 is 1. The molecule has 0 aliphatic heterocycles. The summed E-state index contributed by atoms with van der Waals surface area (Å²) >= 11 is 0. The quantitative estimate of drug-likeness (QED) is 0.807. The molecule has 4 nitrogen and oxygen atoms in total. The Morgan fingerprint density at radius 1 is 1.33 bits per heavy atom. The van der Waals surface area contributed by atoms with Crippen LogP contribution in [-0.4, -0.2) is 25.6 Å². The fraction of sp³-hybridized carbons (Fsp3) is 0.500. The third-order valence-electron chi connectivity index (χ3n) is 2.75. The Bertz CT molecular complexity index is 374. The lowest BCUT2D eigenvalue weighted by Gasteiger charge is -2.16. The van der Waals surface area contributed by atoms with Gasteiger partial charge >= 0.3 is 0 Å². The van der Waals surface area contributed by atoms with Gasteiger partial charge in [-0.1, -0.05) is 12.1 Å². The van der Waals surface area contributed by atoms with Gasteiger partial charge in [0.25, 0.3) is 0 Å². The van der Waals surface area contributed by atoms with Crippen LogP contribution in [0.5, 0.6) is 5.75 Å². The molecule has 100 valence electrons. The zero-order chi connectivity index (χ0) is 13.5. The molecule has 1 atom stereocenters. The predicted molar refractivity (Wildman–Crippen MR) is 72.7 cm³/mol. The highest BCUT2D eigenvalue weighted by Crippen LogP contribution is 2.21. The van der Waals surface area contributed by atoms with Gasteiger partial charge in [0.1, 0.15) is 5.75 Å². The van der Waals surface area contributed by atoms with Gasteiger partial charge in [0.05, 0.1) is 7.11 Å². The van der Waals surface area contributed by atoms with Gasteiger partial charge in [-0.25, -0.2) is 0 Å². The minimum Gasteiger partial charge on any atom is -0.497 e. The molecule has 1 rings (SSSR count). The second-order valence-corrected chi connectivity index (χ2v) is 4.63. The zero-order valence-electron chi connectivity index (χ0n) is 11.3. The topological polar surface area (TPSA) is 64.3 Å². The van der Waals surface area contributed by atoms with Crippen molar-refractivity contribution in [2.75, 3.05) is 13.7 Å². The van der Waals surface area contributed by atoms with Crippen LogP contribution < -0.4 is 15.8 Å². The summed E-state index contributed by atoms with van der Waals surface area (Å²) < 4.78 is 5.11. The van der Waals surface area contributed by atoms with E-state index in [4.69, 9.17) is 10.5 Å². The summed E-state index contributed by atoms with van der Waals surface area (Å²) in [6.07, 6.45) is 0.418. The van der Waals surface area contributed by atoms with E-state index in [0.717, 1.165) is 11.3 Å². The molecule has 1 amide bonds. The lowest BCUT2D eigenvalue weighted by molar-refractivity contribution is -0.121. The normalized spacial score (nSPS) is 12.3. The number of hydrogen-bond acceptors (Lipinski definition) is 3. The second-order valence-electron chi connectivity index (χ2n) is 4.63. The number of nitrogens with two attached hydrogens (primary N) is 1. The monoisotopic (exact) mass is 250 g/mol. The van der Waals surface area contributed by atoms with E-state index in [1.807, 2.05) is 38.1 Å². The van der Waals surface area contributed by atoms with Crippen LogP contribution in [0.3, 0.4) is 0 Å². The van der Waals surface area contributed by atoms with E-state index in [1.54, 1.807) is 7.11 Å². The Morgan fingerprint density at radius 2 is 1.94 bits per heavy atom. The fourth-order valence-electron chi connectivity index (χ4n) is 1.82. The number of hydrogen-bond donors (Lipinski definition) is 2. The van der Waals surface area contributed by atoms with E-state index in [2.05, 4.69) is 5.32 Å². The van der Waals surface area contributed by atoms with E-state index >= 15 is 0 Å². The van der Waals surface area contributed by atoms with Crippen LogP contribution >= 0.6 is 0 Å². The van der Waals surface area contributed by atoms with Crippen LogP contribution in [0.15, 0.2) is 24.3 Å². The van der Waals surface area contributed by atoms with Crippen molar-refractivity contribution in [3.63, 3.8) is 0 Å². The average Bonchev–Trinajstić information content (AvgIpc) is 2.35. The van der Waals surface area contributed by atoms with Gasteiger partial charge < -0.3 is 15.8 Å². The maximum Gasteiger partial charge on any atom is 0.220 e. The summed E-state index contributed by atoms with van der Waals surface area (Å²) in [5.41, 5.74) is 6.81. The molecule has 4 heteroatoms. The summed E-state index contributed by atoms with van der Waals surface area (Å²) in [5.74, 6) is 0.895. The molecule has 0 aliphatic carbocycles. The SMILES string of the molecule is COc1ccc(C(CN)CC(=O)NC(C)C)cc1. The summed E-state index contributed by atoms with van der Waals surface area (Å²) in [7, 11) is 1.63. The van der Waals surface area contributed by atoms with Gasteiger partial charge in [-0.15, -0.1) is 0 Å². The summed E-state index contributed by atoms with van der Waals surface area (Å²) in [4.78, 5) is 11.7. The smallest absolute Gasteiger partial charge is 0.220 e. The molecule has 0 aliphatic rings. The van der Waals surface area contributed by atoms with Crippen LogP contribution in [0.25, 0.3) is 0 Å². The third-order valence-corrected chi connectivity index (χ3v) is 2.75. The van der Waals surface area contributed by atoms with Gasteiger partial charge in [0, 0.05) is 18.4 Å². The largest absolute Gasteiger partial charge is 0.497 e. The van der Waals surface area contributed by atoms with Crippen molar-refractivity contribution in [2.24, 2.45) is 5.73 Å². The van der Waals surface area contributed by atoms with E-state index in [-0.39, 0.29) is 17.9 Å². The highest BCUT2D eigenvalue weighted by molar-refractivity contribution is 5.77. The second kappa shape index (κ2) is 7.01. The minimum atomic E-state index is 0.0382. The number of carbonyl (C=O) groups is 1. The molecule has 18 heavy (non-hydrogen) atoms. The molecule has 0 fully saturated rings. The molecule has 3 N–H and O–H groups in total. The number of rotatable bonds is 6. The number of amides is 1. The summed E-state index contributed by atoms with van der Waals surface area (Å²) in [6, 6.07) is 7.85. The number of benzene rings is 1. The highest BCUT2D eigenvalue weighted by atomic mass is 16.5. The Balaban J connectivity index is 2.67. The first kappa shape index (κ1) is 14.5. The van der Waals surface area contributed by atoms with Crippen molar-refractivity contribution >= 4 is 5.91 Å². The third kappa shape index (κ3) is 4.37. The predicted octanol–water partition coefficient (Wildman–Crippen LogP) is 1.65. The molecule has 0 aromatic heterocycles. The van der Waals surface area contributed by atoms with E-state index in [1.165, 1.54) is 0 Å². The Hall–Kier alpha value is -1.55. The molecule has 0 spiro atoms. The lowest BCUT2D eigenvalue weighted by atomic mass is 9.95. The zero-order valence-corrected chi connectivity index (χ0v) is 11.3. The maximum atomic E-state index is 11.7. The van der Waals surface area contributed by atoms with Gasteiger partial charge in [-0.2, -0.15) is 0 Å². The summed E-state index contributed by atoms with van der Waals surface area (Å²) in [6.45, 7) is 4.35. The maximum absolute atomic E-state index is 11.7. The first-order valence-corrected chi connectivity index (χ1v) is 6.20. The van der Waals surface area contributed by atoms with E-state index < -0.39 is 0 Å². The lowest BCUT2D eigenvalue weighted by Crippen LogP contribution is -2.32. The number of ether oxygens (including phenoxy) is 1. The average molecular weight is 250 g/mol. The van der Waals surface area contributed by atoms with Crippen molar-refractivity contribution in [2.45, 2.75) is 32.2 Å². The molecule has 0 saturated heterocycles. The standard InChI is InChI=1S/C14H22N2O2/c1-10(2)16-14(17)8-12(9-15)11-4-6-13(18-3)7-5-11/h4-7,10,12H,8-9,15H2,1-3H3,(H,16,17). The fourth-order valence-corrected chi connectivity index (χ4v) is 1.82. The molecular formula is C14H22N2O2. The van der Waals surface area contributed by atoms with Crippen molar-refractivity contribution in [3.05, 3.63) is 29.8 Å².